The molecule has 1 aliphatic carbocycles. The molecular weight excluding hydrogens is 342 g/mol. The minimum Gasteiger partial charge on any atom is -0.508 e. The van der Waals surface area contributed by atoms with Crippen molar-refractivity contribution in [2.24, 2.45) is 23.2 Å². The van der Waals surface area contributed by atoms with E-state index in [0.717, 1.165) is 5.56 Å². The van der Waals surface area contributed by atoms with E-state index >= 15 is 0 Å². The molecule has 1 fully saturated rings. The number of carbonyl (C=O) groups is 1. The highest BCUT2D eigenvalue weighted by Crippen LogP contribution is 2.57. The first-order chi connectivity index (χ1) is 12.8. The Morgan fingerprint density at radius 3 is 2.74 bits per heavy atom. The summed E-state index contributed by atoms with van der Waals surface area (Å²) in [6, 6.07) is 7.42. The molecule has 0 saturated carbocycles. The van der Waals surface area contributed by atoms with Crippen LogP contribution < -0.4 is 5.32 Å². The molecule has 27 heavy (non-hydrogen) atoms. The van der Waals surface area contributed by atoms with Crippen LogP contribution >= 0.6 is 0 Å². The van der Waals surface area contributed by atoms with Crippen LogP contribution in [0, 0.1) is 23.2 Å². The lowest BCUT2D eigenvalue weighted by atomic mass is 9.56. The molecule has 1 amide bonds. The number of nitrogens with one attached hydrogen (secondary N) is 1. The van der Waals surface area contributed by atoms with Gasteiger partial charge in [0.2, 0.25) is 0 Å². The lowest BCUT2D eigenvalue weighted by Crippen LogP contribution is -2.55. The van der Waals surface area contributed by atoms with Crippen molar-refractivity contribution in [2.45, 2.75) is 46.8 Å². The number of hydrogen-bond donors (Lipinski definition) is 2. The minimum atomic E-state index is -0.385. The summed E-state index contributed by atoms with van der Waals surface area (Å²) in [7, 11) is 0. The molecule has 1 saturated heterocycles. The number of phenols is 1. The van der Waals surface area contributed by atoms with Crippen LogP contribution in [-0.4, -0.2) is 30.5 Å². The highest BCUT2D eigenvalue weighted by molar-refractivity contribution is 5.67. The van der Waals surface area contributed by atoms with Gasteiger partial charge in [-0.3, -0.25) is 0 Å². The van der Waals surface area contributed by atoms with E-state index in [1.54, 1.807) is 6.07 Å². The molecule has 5 heteroatoms. The quantitative estimate of drug-likeness (QED) is 0.766. The topological polar surface area (TPSA) is 67.8 Å². The number of hydrogen-bond acceptors (Lipinski definition) is 4. The molecule has 2 N–H and O–H groups in total. The Kier molecular flexibility index (Phi) is 5.52. The van der Waals surface area contributed by atoms with E-state index in [2.05, 4.69) is 32.2 Å². The van der Waals surface area contributed by atoms with Gasteiger partial charge in [-0.25, -0.2) is 4.79 Å². The summed E-state index contributed by atoms with van der Waals surface area (Å²) in [5.74, 6) is 0.893. The van der Waals surface area contributed by atoms with Gasteiger partial charge < -0.3 is 19.9 Å². The highest BCUT2D eigenvalue weighted by Gasteiger charge is 2.54. The summed E-state index contributed by atoms with van der Waals surface area (Å²) in [5.41, 5.74) is 1.83. The molecule has 0 spiro atoms. The van der Waals surface area contributed by atoms with Crippen LogP contribution in [0.25, 0.3) is 0 Å². The van der Waals surface area contributed by atoms with E-state index in [4.69, 9.17) is 9.47 Å². The number of carbonyl (C=O) groups excluding carboxylic acids is 1. The molecule has 1 heterocycles. The molecule has 0 unspecified atom stereocenters. The fraction of sp³-hybridized carbons (Fsp3) is 0.591. The first-order valence-corrected chi connectivity index (χ1v) is 9.77. The van der Waals surface area contributed by atoms with Gasteiger partial charge in [-0.05, 0) is 38.7 Å². The van der Waals surface area contributed by atoms with Crippen molar-refractivity contribution in [3.05, 3.63) is 41.5 Å². The van der Waals surface area contributed by atoms with Crippen LogP contribution in [-0.2, 0) is 9.47 Å². The second kappa shape index (κ2) is 7.55. The van der Waals surface area contributed by atoms with E-state index in [-0.39, 0.29) is 47.2 Å². The summed E-state index contributed by atoms with van der Waals surface area (Å²) in [6.07, 6.45) is 1.70. The summed E-state index contributed by atoms with van der Waals surface area (Å²) in [5, 5.41) is 13.1. The second-order valence-corrected chi connectivity index (χ2v) is 8.41. The van der Waals surface area contributed by atoms with E-state index < -0.39 is 0 Å². The third-order valence-electron chi connectivity index (χ3n) is 6.37. The first kappa shape index (κ1) is 19.7. The van der Waals surface area contributed by atoms with Crippen LogP contribution in [0.15, 0.2) is 35.9 Å². The van der Waals surface area contributed by atoms with Crippen molar-refractivity contribution in [3.63, 3.8) is 0 Å². The smallest absolute Gasteiger partial charge is 0.407 e. The lowest BCUT2D eigenvalue weighted by molar-refractivity contribution is -0.166. The van der Waals surface area contributed by atoms with Gasteiger partial charge in [0.25, 0.3) is 0 Å². The largest absolute Gasteiger partial charge is 0.508 e. The Hall–Kier alpha value is -2.01. The van der Waals surface area contributed by atoms with Gasteiger partial charge in [0.05, 0.1) is 12.7 Å². The Labute approximate surface area is 161 Å². The van der Waals surface area contributed by atoms with Crippen LogP contribution in [0.3, 0.4) is 0 Å². The van der Waals surface area contributed by atoms with Crippen molar-refractivity contribution >= 4 is 6.09 Å². The zero-order chi connectivity index (χ0) is 19.8. The number of allylic oxidation sites excluding steroid dienone is 1. The minimum absolute atomic E-state index is 0.0409. The molecule has 5 nitrogen and oxygen atoms in total. The van der Waals surface area contributed by atoms with Crippen molar-refractivity contribution < 1.29 is 19.4 Å². The summed E-state index contributed by atoms with van der Waals surface area (Å²) < 4.78 is 11.9. The Bertz CT molecular complexity index is 729. The standard InChI is InChI=1S/C22H31NO4/c1-13(2)23-21(25)27-12-22-11-26-20(17-8-6-7-9-18(17)24)19(16(22)5)14(3)10-15(22)4/h6-10,13,15-16,19-20,24H,11-12H2,1-5H3,(H,23,25)/t15-,16+,19-,20+,22+/m0/s1. The van der Waals surface area contributed by atoms with Crippen molar-refractivity contribution in [3.8, 4) is 5.75 Å². The molecule has 2 aliphatic rings. The van der Waals surface area contributed by atoms with Crippen LogP contribution in [0.4, 0.5) is 4.79 Å². The Morgan fingerprint density at radius 2 is 2.07 bits per heavy atom. The predicted octanol–water partition coefficient (Wildman–Crippen LogP) is 4.43. The molecule has 3 rings (SSSR count). The zero-order valence-corrected chi connectivity index (χ0v) is 16.9. The predicted molar refractivity (Wildman–Crippen MR) is 104 cm³/mol. The average molecular weight is 373 g/mol. The second-order valence-electron chi connectivity index (χ2n) is 8.41. The number of fused-ring (bicyclic) bond motifs is 2. The molecular formula is C22H31NO4. The number of amides is 1. The molecule has 1 aliphatic heterocycles. The van der Waals surface area contributed by atoms with Crippen molar-refractivity contribution in [2.75, 3.05) is 13.2 Å². The van der Waals surface area contributed by atoms with Gasteiger partial charge in [0.15, 0.2) is 0 Å². The average Bonchev–Trinajstić information content (AvgIpc) is 2.59. The van der Waals surface area contributed by atoms with Crippen LogP contribution in [0.1, 0.15) is 46.3 Å². The summed E-state index contributed by atoms with van der Waals surface area (Å²) in [6.45, 7) is 11.2. The molecule has 1 aromatic rings. The maximum Gasteiger partial charge on any atom is 0.407 e. The molecule has 0 aromatic heterocycles. The van der Waals surface area contributed by atoms with Crippen molar-refractivity contribution in [1.82, 2.24) is 5.32 Å². The SMILES string of the molecule is CC1=C[C@H](C)[C@]2(COC(=O)NC(C)C)CO[C@H](c3ccccc3O)[C@@H]1[C@H]2C. The summed E-state index contributed by atoms with van der Waals surface area (Å²) >= 11 is 0. The normalized spacial score (nSPS) is 32.7. The fourth-order valence-corrected chi connectivity index (χ4v) is 4.74. The van der Waals surface area contributed by atoms with Crippen LogP contribution in [0.2, 0.25) is 0 Å². The van der Waals surface area contributed by atoms with Gasteiger partial charge in [0, 0.05) is 22.9 Å². The van der Waals surface area contributed by atoms with Crippen LogP contribution in [0.5, 0.6) is 5.75 Å². The third-order valence-corrected chi connectivity index (χ3v) is 6.37. The Balaban J connectivity index is 1.87. The van der Waals surface area contributed by atoms with E-state index in [0.29, 0.717) is 13.2 Å². The number of para-hydroxylation sites is 1. The number of rotatable bonds is 4. The van der Waals surface area contributed by atoms with Gasteiger partial charge in [-0.2, -0.15) is 0 Å². The number of benzene rings is 1. The number of alkyl carbamates (subject to hydrolysis) is 1. The fourth-order valence-electron chi connectivity index (χ4n) is 4.74. The molecule has 148 valence electrons. The summed E-state index contributed by atoms with van der Waals surface area (Å²) in [4.78, 5) is 12.0. The number of phenolic OH excluding ortho intramolecular Hbond substituents is 1. The Morgan fingerprint density at radius 1 is 1.37 bits per heavy atom. The maximum atomic E-state index is 12.0. The molecule has 5 atom stereocenters. The lowest BCUT2D eigenvalue weighted by Gasteiger charge is -2.55. The molecule has 1 aromatic carbocycles. The van der Waals surface area contributed by atoms with Gasteiger partial charge in [0.1, 0.15) is 12.4 Å². The number of aromatic hydroxyl groups is 1. The van der Waals surface area contributed by atoms with Crippen molar-refractivity contribution in [1.29, 1.82) is 0 Å². The van der Waals surface area contributed by atoms with E-state index in [1.165, 1.54) is 5.57 Å². The highest BCUT2D eigenvalue weighted by atomic mass is 16.6. The maximum absolute atomic E-state index is 12.0. The van der Waals surface area contributed by atoms with E-state index in [9.17, 15) is 9.90 Å². The number of ether oxygens (including phenoxy) is 2. The zero-order valence-electron chi connectivity index (χ0n) is 16.9. The third kappa shape index (κ3) is 3.57. The van der Waals surface area contributed by atoms with Gasteiger partial charge in [-0.1, -0.05) is 43.7 Å². The first-order valence-electron chi connectivity index (χ1n) is 9.77. The molecule has 0 radical (unpaired) electrons. The molecule has 2 bridgehead atoms. The van der Waals surface area contributed by atoms with Gasteiger partial charge >= 0.3 is 6.09 Å². The van der Waals surface area contributed by atoms with E-state index in [1.807, 2.05) is 32.0 Å². The van der Waals surface area contributed by atoms with Gasteiger partial charge in [-0.15, -0.1) is 0 Å². The monoisotopic (exact) mass is 373 g/mol.